The fourth-order valence-electron chi connectivity index (χ4n) is 1.91. The number of hydrogen-bond acceptors (Lipinski definition) is 4. The zero-order chi connectivity index (χ0) is 14.5. The first-order chi connectivity index (χ1) is 9.61. The van der Waals surface area contributed by atoms with Crippen molar-refractivity contribution in [3.63, 3.8) is 0 Å². The summed E-state index contributed by atoms with van der Waals surface area (Å²) >= 11 is 0. The van der Waals surface area contributed by atoms with Gasteiger partial charge in [-0.2, -0.15) is 5.10 Å². The molecule has 2 aromatic heterocycles. The summed E-state index contributed by atoms with van der Waals surface area (Å²) in [7, 11) is 0. The van der Waals surface area contributed by atoms with E-state index in [0.717, 1.165) is 13.0 Å². The summed E-state index contributed by atoms with van der Waals surface area (Å²) in [5, 5.41) is 6.91. The number of pyridine rings is 1. The molecule has 2 N–H and O–H groups in total. The molecule has 0 aromatic carbocycles. The van der Waals surface area contributed by atoms with E-state index >= 15 is 0 Å². The maximum Gasteiger partial charge on any atom is 0.268 e. The highest BCUT2D eigenvalue weighted by Gasteiger charge is 2.16. The fourth-order valence-corrected chi connectivity index (χ4v) is 1.91. The molecular formula is C13H17N5O2. The Hall–Kier alpha value is -2.44. The maximum absolute atomic E-state index is 12.0. The Kier molecular flexibility index (Phi) is 4.29. The second kappa shape index (κ2) is 6.14. The molecule has 0 aliphatic carbocycles. The van der Waals surface area contributed by atoms with Crippen molar-refractivity contribution < 1.29 is 4.79 Å². The number of aromatic amines is 1. The normalized spacial score (nSPS) is 12.1. The maximum atomic E-state index is 12.0. The minimum Gasteiger partial charge on any atom is -0.341 e. The van der Waals surface area contributed by atoms with Crippen LogP contribution in [0.5, 0.6) is 0 Å². The molecule has 7 heteroatoms. The Balaban J connectivity index is 2.11. The van der Waals surface area contributed by atoms with Crippen LogP contribution in [0.25, 0.3) is 0 Å². The predicted octanol–water partition coefficient (Wildman–Crippen LogP) is 0.867. The third-order valence-electron chi connectivity index (χ3n) is 2.83. The van der Waals surface area contributed by atoms with Gasteiger partial charge in [-0.05, 0) is 19.4 Å². The summed E-state index contributed by atoms with van der Waals surface area (Å²) in [5.74, 6) is 0.347. The summed E-state index contributed by atoms with van der Waals surface area (Å²) in [6, 6.07) is 4.16. The lowest BCUT2D eigenvalue weighted by Gasteiger charge is -2.14. The molecule has 0 saturated carbocycles. The molecule has 7 nitrogen and oxygen atoms in total. The highest BCUT2D eigenvalue weighted by Crippen LogP contribution is 2.09. The number of amides is 1. The first-order valence-corrected chi connectivity index (χ1v) is 6.49. The SMILES string of the molecule is CCCn1ncnc1C(C)NC(=O)c1cccc(=O)[nH]1. The van der Waals surface area contributed by atoms with Crippen LogP contribution >= 0.6 is 0 Å². The molecule has 106 valence electrons. The molecule has 0 saturated heterocycles. The van der Waals surface area contributed by atoms with Gasteiger partial charge in [-0.25, -0.2) is 9.67 Å². The fraction of sp³-hybridized carbons (Fsp3) is 0.385. The van der Waals surface area contributed by atoms with Crippen LogP contribution in [-0.2, 0) is 6.54 Å². The van der Waals surface area contributed by atoms with Crippen LogP contribution in [0.1, 0.15) is 42.6 Å². The van der Waals surface area contributed by atoms with Gasteiger partial charge >= 0.3 is 0 Å². The van der Waals surface area contributed by atoms with Crippen LogP contribution in [0.15, 0.2) is 29.3 Å². The van der Waals surface area contributed by atoms with Gasteiger partial charge in [0.1, 0.15) is 17.8 Å². The first kappa shape index (κ1) is 14.0. The molecule has 1 atom stereocenters. The number of rotatable bonds is 5. The van der Waals surface area contributed by atoms with Gasteiger partial charge in [0, 0.05) is 12.6 Å². The van der Waals surface area contributed by atoms with Gasteiger partial charge in [0.05, 0.1) is 6.04 Å². The Bertz CT molecular complexity index is 646. The molecule has 1 amide bonds. The van der Waals surface area contributed by atoms with Crippen molar-refractivity contribution in [3.8, 4) is 0 Å². The lowest BCUT2D eigenvalue weighted by molar-refractivity contribution is 0.0932. The van der Waals surface area contributed by atoms with Crippen molar-refractivity contribution in [2.24, 2.45) is 0 Å². The summed E-state index contributed by atoms with van der Waals surface area (Å²) < 4.78 is 1.76. The number of carbonyl (C=O) groups is 1. The number of aryl methyl sites for hydroxylation is 1. The molecule has 0 spiro atoms. The van der Waals surface area contributed by atoms with Gasteiger partial charge in [0.25, 0.3) is 5.91 Å². The van der Waals surface area contributed by atoms with Crippen LogP contribution in [0, 0.1) is 0 Å². The van der Waals surface area contributed by atoms with Crippen LogP contribution in [0.2, 0.25) is 0 Å². The van der Waals surface area contributed by atoms with Gasteiger partial charge in [-0.3, -0.25) is 9.59 Å². The van der Waals surface area contributed by atoms with Gasteiger partial charge in [0.2, 0.25) is 5.56 Å². The molecule has 0 aliphatic heterocycles. The molecule has 2 aromatic rings. The van der Waals surface area contributed by atoms with Crippen molar-refractivity contribution in [1.29, 1.82) is 0 Å². The molecule has 0 aliphatic rings. The molecule has 2 rings (SSSR count). The summed E-state index contributed by atoms with van der Waals surface area (Å²) in [4.78, 5) is 29.9. The van der Waals surface area contributed by atoms with Gasteiger partial charge in [-0.15, -0.1) is 0 Å². The van der Waals surface area contributed by atoms with Crippen molar-refractivity contribution in [1.82, 2.24) is 25.1 Å². The smallest absolute Gasteiger partial charge is 0.268 e. The van der Waals surface area contributed by atoms with E-state index in [1.165, 1.54) is 18.5 Å². The van der Waals surface area contributed by atoms with E-state index < -0.39 is 0 Å². The second-order valence-electron chi connectivity index (χ2n) is 4.47. The molecule has 1 unspecified atom stereocenters. The number of nitrogens with zero attached hydrogens (tertiary/aromatic N) is 3. The second-order valence-corrected chi connectivity index (χ2v) is 4.47. The Morgan fingerprint density at radius 2 is 2.30 bits per heavy atom. The average molecular weight is 275 g/mol. The summed E-state index contributed by atoms with van der Waals surface area (Å²) in [6.07, 6.45) is 2.40. The van der Waals surface area contributed by atoms with Gasteiger partial charge in [-0.1, -0.05) is 13.0 Å². The van der Waals surface area contributed by atoms with Crippen LogP contribution in [-0.4, -0.2) is 25.7 Å². The minimum atomic E-state index is -0.346. The van der Waals surface area contributed by atoms with E-state index in [9.17, 15) is 9.59 Å². The third kappa shape index (κ3) is 3.11. The number of carbonyl (C=O) groups excluding carboxylic acids is 1. The van der Waals surface area contributed by atoms with Gasteiger partial charge in [0.15, 0.2) is 0 Å². The molecule has 2 heterocycles. The molecule has 0 radical (unpaired) electrons. The lowest BCUT2D eigenvalue weighted by Crippen LogP contribution is -2.30. The average Bonchev–Trinajstić information content (AvgIpc) is 2.87. The Morgan fingerprint density at radius 1 is 1.50 bits per heavy atom. The Morgan fingerprint density at radius 3 is 3.00 bits per heavy atom. The number of H-pyrrole nitrogens is 1. The van der Waals surface area contributed by atoms with E-state index in [0.29, 0.717) is 5.82 Å². The van der Waals surface area contributed by atoms with E-state index in [2.05, 4.69) is 20.4 Å². The van der Waals surface area contributed by atoms with E-state index in [-0.39, 0.29) is 23.2 Å². The number of aromatic nitrogens is 4. The number of hydrogen-bond donors (Lipinski definition) is 2. The molecular weight excluding hydrogens is 258 g/mol. The monoisotopic (exact) mass is 275 g/mol. The Labute approximate surface area is 116 Å². The van der Waals surface area contributed by atoms with E-state index in [1.807, 2.05) is 13.8 Å². The molecule has 0 fully saturated rings. The van der Waals surface area contributed by atoms with Crippen LogP contribution < -0.4 is 10.9 Å². The van der Waals surface area contributed by atoms with Gasteiger partial charge < -0.3 is 10.3 Å². The zero-order valence-electron chi connectivity index (χ0n) is 11.5. The van der Waals surface area contributed by atoms with E-state index in [4.69, 9.17) is 0 Å². The van der Waals surface area contributed by atoms with Crippen molar-refractivity contribution in [2.45, 2.75) is 32.9 Å². The van der Waals surface area contributed by atoms with E-state index in [1.54, 1.807) is 10.7 Å². The number of nitrogens with one attached hydrogen (secondary N) is 2. The van der Waals surface area contributed by atoms with Crippen LogP contribution in [0.3, 0.4) is 0 Å². The van der Waals surface area contributed by atoms with Crippen molar-refractivity contribution in [3.05, 3.63) is 46.4 Å². The standard InChI is InChI=1S/C13H17N5O2/c1-3-7-18-12(14-8-15-18)9(2)16-13(20)10-5-4-6-11(19)17-10/h4-6,8-9H,3,7H2,1-2H3,(H,16,20)(H,17,19). The topological polar surface area (TPSA) is 92.7 Å². The summed E-state index contributed by atoms with van der Waals surface area (Å²) in [6.45, 7) is 4.62. The molecule has 20 heavy (non-hydrogen) atoms. The highest BCUT2D eigenvalue weighted by molar-refractivity contribution is 5.92. The summed E-state index contributed by atoms with van der Waals surface area (Å²) in [5.41, 5.74) is -0.0784. The first-order valence-electron chi connectivity index (χ1n) is 6.49. The largest absolute Gasteiger partial charge is 0.341 e. The highest BCUT2D eigenvalue weighted by atomic mass is 16.2. The zero-order valence-corrected chi connectivity index (χ0v) is 11.5. The molecule has 0 bridgehead atoms. The van der Waals surface area contributed by atoms with Crippen molar-refractivity contribution in [2.75, 3.05) is 0 Å². The predicted molar refractivity (Wildman–Crippen MR) is 73.3 cm³/mol. The third-order valence-corrected chi connectivity index (χ3v) is 2.83. The van der Waals surface area contributed by atoms with Crippen molar-refractivity contribution >= 4 is 5.91 Å². The quantitative estimate of drug-likeness (QED) is 0.846. The van der Waals surface area contributed by atoms with Crippen LogP contribution in [0.4, 0.5) is 0 Å². The lowest BCUT2D eigenvalue weighted by atomic mass is 10.2. The minimum absolute atomic E-state index is 0.228.